The molecule has 0 aliphatic carbocycles. The molecule has 1 heterocycles. The number of nitrogens with two attached hydrogens (primary N) is 1. The molecule has 0 bridgehead atoms. The predicted molar refractivity (Wildman–Crippen MR) is 50.7 cm³/mol. The van der Waals surface area contributed by atoms with Gasteiger partial charge < -0.3 is 15.6 Å². The summed E-state index contributed by atoms with van der Waals surface area (Å²) in [4.78, 5) is 11.6. The van der Waals surface area contributed by atoms with Gasteiger partial charge in [0.2, 0.25) is 0 Å². The fourth-order valence-electron chi connectivity index (χ4n) is 0.747. The summed E-state index contributed by atoms with van der Waals surface area (Å²) >= 11 is 1.23. The summed E-state index contributed by atoms with van der Waals surface area (Å²) in [6.07, 6.45) is -0.648. The molecule has 4 nitrogen and oxygen atoms in total. The molecule has 1 unspecified atom stereocenters. The summed E-state index contributed by atoms with van der Waals surface area (Å²) in [6.45, 7) is 1.54. The first kappa shape index (κ1) is 10.0. The average Bonchev–Trinajstić information content (AvgIpc) is 2.47. The van der Waals surface area contributed by atoms with Gasteiger partial charge in [0.15, 0.2) is 0 Å². The maximum absolute atomic E-state index is 11.2. The highest BCUT2D eigenvalue weighted by Crippen LogP contribution is 2.19. The Morgan fingerprint density at radius 1 is 1.85 bits per heavy atom. The quantitative estimate of drug-likeness (QED) is 0.712. The number of carbonyl (C=O) groups is 1. The van der Waals surface area contributed by atoms with Crippen LogP contribution in [-0.4, -0.2) is 23.8 Å². The Labute approximate surface area is 79.9 Å². The summed E-state index contributed by atoms with van der Waals surface area (Å²) < 4.78 is 4.77. The molecule has 0 aliphatic rings. The molecule has 5 heteroatoms. The van der Waals surface area contributed by atoms with Crippen molar-refractivity contribution in [1.82, 2.24) is 0 Å². The second-order valence-electron chi connectivity index (χ2n) is 2.65. The Kier molecular flexibility index (Phi) is 3.27. The first-order valence-corrected chi connectivity index (χ1v) is 4.67. The lowest BCUT2D eigenvalue weighted by molar-refractivity contribution is 0.0302. The fourth-order valence-corrected chi connectivity index (χ4v) is 1.46. The Balaban J connectivity index is 2.54. The van der Waals surface area contributed by atoms with Gasteiger partial charge in [0.05, 0.1) is 11.8 Å². The molecule has 0 saturated carbocycles. The predicted octanol–water partition coefficient (Wildman–Crippen LogP) is 0.868. The molecule has 0 saturated heterocycles. The first-order valence-electron chi connectivity index (χ1n) is 3.79. The third-order valence-electron chi connectivity index (χ3n) is 1.34. The Bertz CT molecular complexity index is 295. The monoisotopic (exact) mass is 201 g/mol. The van der Waals surface area contributed by atoms with Crippen LogP contribution in [0.15, 0.2) is 11.4 Å². The summed E-state index contributed by atoms with van der Waals surface area (Å²) in [6, 6.07) is 1.64. The van der Waals surface area contributed by atoms with Crippen molar-refractivity contribution in [3.8, 4) is 0 Å². The largest absolute Gasteiger partial charge is 0.459 e. The van der Waals surface area contributed by atoms with Crippen molar-refractivity contribution < 1.29 is 14.6 Å². The number of anilines is 1. The van der Waals surface area contributed by atoms with Crippen molar-refractivity contribution in [2.24, 2.45) is 0 Å². The minimum atomic E-state index is -0.648. The molecule has 1 rings (SSSR count). The molecule has 3 N–H and O–H groups in total. The van der Waals surface area contributed by atoms with Crippen molar-refractivity contribution in [2.75, 3.05) is 12.3 Å². The van der Waals surface area contributed by atoms with E-state index in [-0.39, 0.29) is 6.61 Å². The second-order valence-corrected chi connectivity index (χ2v) is 3.57. The number of aliphatic hydroxyl groups is 1. The molecule has 0 aliphatic heterocycles. The van der Waals surface area contributed by atoms with E-state index in [1.165, 1.54) is 11.3 Å². The van der Waals surface area contributed by atoms with E-state index in [2.05, 4.69) is 0 Å². The van der Waals surface area contributed by atoms with Crippen molar-refractivity contribution >= 4 is 23.0 Å². The van der Waals surface area contributed by atoms with Crippen molar-refractivity contribution in [2.45, 2.75) is 13.0 Å². The van der Waals surface area contributed by atoms with Gasteiger partial charge in [-0.05, 0) is 18.4 Å². The van der Waals surface area contributed by atoms with E-state index in [1.807, 2.05) is 0 Å². The third-order valence-corrected chi connectivity index (χ3v) is 2.25. The van der Waals surface area contributed by atoms with Crippen LogP contribution in [0.5, 0.6) is 0 Å². The second kappa shape index (κ2) is 4.25. The van der Waals surface area contributed by atoms with E-state index in [0.717, 1.165) is 0 Å². The summed E-state index contributed by atoms with van der Waals surface area (Å²) in [5.41, 5.74) is 5.91. The van der Waals surface area contributed by atoms with Crippen LogP contribution in [0.3, 0.4) is 0 Å². The van der Waals surface area contributed by atoms with Gasteiger partial charge in [-0.15, -0.1) is 11.3 Å². The number of nitrogen functional groups attached to an aromatic ring is 1. The minimum Gasteiger partial charge on any atom is -0.459 e. The third kappa shape index (κ3) is 2.71. The number of rotatable bonds is 3. The highest BCUT2D eigenvalue weighted by atomic mass is 32.1. The molecule has 0 spiro atoms. The molecule has 0 aromatic carbocycles. The highest BCUT2D eigenvalue weighted by Gasteiger charge is 2.12. The smallest absolute Gasteiger partial charge is 0.350 e. The molecule has 1 aromatic rings. The first-order chi connectivity index (χ1) is 6.11. The Hall–Kier alpha value is -1.07. The number of thiophene rings is 1. The van der Waals surface area contributed by atoms with Crippen LogP contribution in [0.25, 0.3) is 0 Å². The van der Waals surface area contributed by atoms with Gasteiger partial charge in [0.25, 0.3) is 0 Å². The number of hydrogen-bond donors (Lipinski definition) is 2. The van der Waals surface area contributed by atoms with Crippen molar-refractivity contribution in [3.63, 3.8) is 0 Å². The van der Waals surface area contributed by atoms with Crippen LogP contribution in [0, 0.1) is 0 Å². The highest BCUT2D eigenvalue weighted by molar-refractivity contribution is 7.12. The van der Waals surface area contributed by atoms with Crippen molar-refractivity contribution in [3.05, 3.63) is 16.3 Å². The van der Waals surface area contributed by atoms with Gasteiger partial charge in [0.1, 0.15) is 11.5 Å². The molecular formula is C8H11NO3S. The topological polar surface area (TPSA) is 72.5 Å². The minimum absolute atomic E-state index is 0.00380. The zero-order valence-electron chi connectivity index (χ0n) is 7.19. The number of hydrogen-bond acceptors (Lipinski definition) is 5. The zero-order valence-corrected chi connectivity index (χ0v) is 8.00. The summed E-state index contributed by atoms with van der Waals surface area (Å²) in [5.74, 6) is -0.478. The normalized spacial score (nSPS) is 12.5. The maximum atomic E-state index is 11.2. The number of ether oxygens (including phenoxy) is 1. The molecule has 1 atom stereocenters. The van der Waals surface area contributed by atoms with Crippen LogP contribution in [0.4, 0.5) is 5.69 Å². The van der Waals surface area contributed by atoms with Gasteiger partial charge in [0, 0.05) is 0 Å². The van der Waals surface area contributed by atoms with Crippen molar-refractivity contribution in [1.29, 1.82) is 0 Å². The summed E-state index contributed by atoms with van der Waals surface area (Å²) in [5, 5.41) is 10.6. The van der Waals surface area contributed by atoms with Gasteiger partial charge in [-0.1, -0.05) is 0 Å². The SMILES string of the molecule is CC(O)COC(=O)c1sccc1N. The standard InChI is InChI=1S/C8H11NO3S/c1-5(10)4-12-8(11)7-6(9)2-3-13-7/h2-3,5,10H,4,9H2,1H3. The van der Waals surface area contributed by atoms with Gasteiger partial charge >= 0.3 is 5.97 Å². The average molecular weight is 201 g/mol. The van der Waals surface area contributed by atoms with E-state index in [0.29, 0.717) is 10.6 Å². The van der Waals surface area contributed by atoms with Crippen LogP contribution in [0.1, 0.15) is 16.6 Å². The lowest BCUT2D eigenvalue weighted by Gasteiger charge is -2.05. The molecule has 0 amide bonds. The molecule has 13 heavy (non-hydrogen) atoms. The Morgan fingerprint density at radius 2 is 2.54 bits per heavy atom. The van der Waals surface area contributed by atoms with E-state index < -0.39 is 12.1 Å². The van der Waals surface area contributed by atoms with Gasteiger partial charge in [-0.2, -0.15) is 0 Å². The number of esters is 1. The molecule has 1 aromatic heterocycles. The maximum Gasteiger partial charge on any atom is 0.350 e. The number of aliphatic hydroxyl groups excluding tert-OH is 1. The fraction of sp³-hybridized carbons (Fsp3) is 0.375. The number of carbonyl (C=O) groups excluding carboxylic acids is 1. The molecular weight excluding hydrogens is 190 g/mol. The summed E-state index contributed by atoms with van der Waals surface area (Å²) in [7, 11) is 0. The van der Waals surface area contributed by atoms with E-state index >= 15 is 0 Å². The van der Waals surface area contributed by atoms with E-state index in [1.54, 1.807) is 18.4 Å². The van der Waals surface area contributed by atoms with Crippen LogP contribution >= 0.6 is 11.3 Å². The van der Waals surface area contributed by atoms with Crippen LogP contribution < -0.4 is 5.73 Å². The Morgan fingerprint density at radius 3 is 3.00 bits per heavy atom. The van der Waals surface area contributed by atoms with Crippen LogP contribution in [-0.2, 0) is 4.74 Å². The van der Waals surface area contributed by atoms with Crippen LogP contribution in [0.2, 0.25) is 0 Å². The van der Waals surface area contributed by atoms with E-state index in [9.17, 15) is 4.79 Å². The van der Waals surface area contributed by atoms with Gasteiger partial charge in [-0.3, -0.25) is 0 Å². The van der Waals surface area contributed by atoms with Gasteiger partial charge in [-0.25, -0.2) is 4.79 Å². The lowest BCUT2D eigenvalue weighted by atomic mass is 10.4. The molecule has 72 valence electrons. The molecule has 0 fully saturated rings. The molecule has 0 radical (unpaired) electrons. The zero-order chi connectivity index (χ0) is 9.84. The lowest BCUT2D eigenvalue weighted by Crippen LogP contribution is -2.15. The van der Waals surface area contributed by atoms with E-state index in [4.69, 9.17) is 15.6 Å².